The summed E-state index contributed by atoms with van der Waals surface area (Å²) in [5.74, 6) is 1.04. The number of aromatic nitrogens is 1. The van der Waals surface area contributed by atoms with Crippen molar-refractivity contribution in [2.45, 2.75) is 46.2 Å². The fourth-order valence-electron chi connectivity index (χ4n) is 2.14. The molecule has 3 nitrogen and oxygen atoms in total. The fourth-order valence-corrected chi connectivity index (χ4v) is 2.14. The summed E-state index contributed by atoms with van der Waals surface area (Å²) in [7, 11) is 2.11. The molecule has 3 heteroatoms. The van der Waals surface area contributed by atoms with Crippen LogP contribution in [0.4, 0.5) is 5.82 Å². The zero-order valence-electron chi connectivity index (χ0n) is 10.8. The summed E-state index contributed by atoms with van der Waals surface area (Å²) in [6.45, 7) is 7.07. The zero-order chi connectivity index (χ0) is 12.1. The van der Waals surface area contributed by atoms with Gasteiger partial charge in [0.05, 0.1) is 0 Å². The molecule has 0 spiro atoms. The van der Waals surface area contributed by atoms with Crippen molar-refractivity contribution >= 4 is 5.82 Å². The van der Waals surface area contributed by atoms with Crippen molar-refractivity contribution in [3.63, 3.8) is 0 Å². The van der Waals surface area contributed by atoms with Gasteiger partial charge in [-0.3, -0.25) is 0 Å². The van der Waals surface area contributed by atoms with E-state index in [1.54, 1.807) is 0 Å². The van der Waals surface area contributed by atoms with Gasteiger partial charge in [-0.15, -0.1) is 0 Å². The molecule has 0 bridgehead atoms. The number of hydrogen-bond donors (Lipinski definition) is 1. The quantitative estimate of drug-likeness (QED) is 0.830. The maximum atomic E-state index is 5.81. The lowest BCUT2D eigenvalue weighted by molar-refractivity contribution is 0.584. The first kappa shape index (κ1) is 13.0. The largest absolute Gasteiger partial charge is 0.356 e. The third-order valence-electron chi connectivity index (χ3n) is 3.30. The van der Waals surface area contributed by atoms with Gasteiger partial charge in [-0.05, 0) is 31.4 Å². The Morgan fingerprint density at radius 2 is 2.00 bits per heavy atom. The Morgan fingerprint density at radius 1 is 1.38 bits per heavy atom. The predicted octanol–water partition coefficient (Wildman–Crippen LogP) is 2.47. The highest BCUT2D eigenvalue weighted by molar-refractivity contribution is 5.50. The molecule has 0 radical (unpaired) electrons. The maximum absolute atomic E-state index is 5.81. The number of pyridine rings is 1. The monoisotopic (exact) mass is 221 g/mol. The van der Waals surface area contributed by atoms with Gasteiger partial charge >= 0.3 is 0 Å². The molecule has 90 valence electrons. The van der Waals surface area contributed by atoms with E-state index in [2.05, 4.69) is 37.7 Å². The van der Waals surface area contributed by atoms with E-state index < -0.39 is 0 Å². The van der Waals surface area contributed by atoms with E-state index in [9.17, 15) is 0 Å². The predicted molar refractivity (Wildman–Crippen MR) is 69.6 cm³/mol. The molecule has 0 unspecified atom stereocenters. The van der Waals surface area contributed by atoms with Crippen LogP contribution in [-0.2, 0) is 6.54 Å². The first-order valence-corrected chi connectivity index (χ1v) is 6.03. The van der Waals surface area contributed by atoms with Gasteiger partial charge in [-0.2, -0.15) is 0 Å². The Kier molecular flexibility index (Phi) is 4.74. The van der Waals surface area contributed by atoms with Crippen LogP contribution in [-0.4, -0.2) is 18.1 Å². The molecule has 0 aliphatic rings. The minimum absolute atomic E-state index is 0.541. The molecule has 1 heterocycles. The molecule has 2 N–H and O–H groups in total. The summed E-state index contributed by atoms with van der Waals surface area (Å²) in [5.41, 5.74) is 8.20. The SMILES string of the molecule is CCC(CC)N(C)c1nccc(C)c1CN. The average molecular weight is 221 g/mol. The molecule has 16 heavy (non-hydrogen) atoms. The number of hydrogen-bond acceptors (Lipinski definition) is 3. The van der Waals surface area contributed by atoms with Gasteiger partial charge in [0.2, 0.25) is 0 Å². The second kappa shape index (κ2) is 5.85. The van der Waals surface area contributed by atoms with Crippen molar-refractivity contribution in [1.29, 1.82) is 0 Å². The summed E-state index contributed by atoms with van der Waals surface area (Å²) in [6, 6.07) is 2.56. The molecule has 1 rings (SSSR count). The van der Waals surface area contributed by atoms with Gasteiger partial charge in [0.1, 0.15) is 5.82 Å². The normalized spacial score (nSPS) is 10.9. The minimum Gasteiger partial charge on any atom is -0.356 e. The summed E-state index contributed by atoms with van der Waals surface area (Å²) in [5, 5.41) is 0. The van der Waals surface area contributed by atoms with Crippen LogP contribution in [0.2, 0.25) is 0 Å². The van der Waals surface area contributed by atoms with Gasteiger partial charge in [0.25, 0.3) is 0 Å². The highest BCUT2D eigenvalue weighted by Gasteiger charge is 2.16. The highest BCUT2D eigenvalue weighted by Crippen LogP contribution is 2.22. The molecular formula is C13H23N3. The third-order valence-corrected chi connectivity index (χ3v) is 3.30. The number of anilines is 1. The van der Waals surface area contributed by atoms with Crippen molar-refractivity contribution in [3.8, 4) is 0 Å². The fraction of sp³-hybridized carbons (Fsp3) is 0.615. The third kappa shape index (κ3) is 2.53. The minimum atomic E-state index is 0.541. The Balaban J connectivity index is 3.07. The van der Waals surface area contributed by atoms with E-state index in [0.717, 1.165) is 24.2 Å². The van der Waals surface area contributed by atoms with Crippen molar-refractivity contribution in [2.24, 2.45) is 5.73 Å². The van der Waals surface area contributed by atoms with Gasteiger partial charge in [0.15, 0.2) is 0 Å². The summed E-state index contributed by atoms with van der Waals surface area (Å²) < 4.78 is 0. The molecule has 0 aromatic carbocycles. The van der Waals surface area contributed by atoms with E-state index in [1.165, 1.54) is 5.56 Å². The lowest BCUT2D eigenvalue weighted by atomic mass is 10.1. The van der Waals surface area contributed by atoms with Crippen LogP contribution in [0, 0.1) is 6.92 Å². The number of rotatable bonds is 5. The highest BCUT2D eigenvalue weighted by atomic mass is 15.2. The molecule has 0 aliphatic heterocycles. The van der Waals surface area contributed by atoms with Gasteiger partial charge in [-0.1, -0.05) is 13.8 Å². The topological polar surface area (TPSA) is 42.2 Å². The van der Waals surface area contributed by atoms with Gasteiger partial charge < -0.3 is 10.6 Å². The van der Waals surface area contributed by atoms with Gasteiger partial charge in [0, 0.05) is 31.4 Å². The van der Waals surface area contributed by atoms with E-state index >= 15 is 0 Å². The second-order valence-electron chi connectivity index (χ2n) is 4.22. The van der Waals surface area contributed by atoms with Crippen LogP contribution >= 0.6 is 0 Å². The van der Waals surface area contributed by atoms with Crippen molar-refractivity contribution in [3.05, 3.63) is 23.4 Å². The van der Waals surface area contributed by atoms with Crippen LogP contribution in [0.1, 0.15) is 37.8 Å². The first-order chi connectivity index (χ1) is 7.65. The summed E-state index contributed by atoms with van der Waals surface area (Å²) in [6.07, 6.45) is 4.13. The van der Waals surface area contributed by atoms with Crippen LogP contribution < -0.4 is 10.6 Å². The number of nitrogens with zero attached hydrogens (tertiary/aromatic N) is 2. The molecule has 0 atom stereocenters. The van der Waals surface area contributed by atoms with Crippen LogP contribution in [0.15, 0.2) is 12.3 Å². The Bertz CT molecular complexity index is 332. The zero-order valence-corrected chi connectivity index (χ0v) is 10.8. The molecule has 0 saturated heterocycles. The molecule has 0 fully saturated rings. The lowest BCUT2D eigenvalue weighted by Gasteiger charge is -2.29. The molecule has 0 amide bonds. The Labute approximate surface area is 98.7 Å². The standard InChI is InChI=1S/C13H23N3/c1-5-11(6-2)16(4)13-12(9-14)10(3)7-8-15-13/h7-8,11H,5-6,9,14H2,1-4H3. The van der Waals surface area contributed by atoms with Crippen molar-refractivity contribution in [1.82, 2.24) is 4.98 Å². The summed E-state index contributed by atoms with van der Waals surface area (Å²) >= 11 is 0. The molecule has 1 aromatic rings. The van der Waals surface area contributed by atoms with E-state index in [1.807, 2.05) is 12.3 Å². The second-order valence-corrected chi connectivity index (χ2v) is 4.22. The van der Waals surface area contributed by atoms with Crippen LogP contribution in [0.5, 0.6) is 0 Å². The number of aryl methyl sites for hydroxylation is 1. The average Bonchev–Trinajstić information content (AvgIpc) is 2.30. The lowest BCUT2D eigenvalue weighted by Crippen LogP contribution is -2.32. The van der Waals surface area contributed by atoms with E-state index in [4.69, 9.17) is 5.73 Å². The summed E-state index contributed by atoms with van der Waals surface area (Å²) in [4.78, 5) is 6.73. The van der Waals surface area contributed by atoms with E-state index in [-0.39, 0.29) is 0 Å². The maximum Gasteiger partial charge on any atom is 0.133 e. The number of nitrogens with two attached hydrogens (primary N) is 1. The Hall–Kier alpha value is -1.09. The van der Waals surface area contributed by atoms with Crippen LogP contribution in [0.3, 0.4) is 0 Å². The van der Waals surface area contributed by atoms with Crippen LogP contribution in [0.25, 0.3) is 0 Å². The molecule has 0 aliphatic carbocycles. The molecule has 1 aromatic heterocycles. The van der Waals surface area contributed by atoms with E-state index in [0.29, 0.717) is 12.6 Å². The smallest absolute Gasteiger partial charge is 0.133 e. The van der Waals surface area contributed by atoms with Crippen molar-refractivity contribution < 1.29 is 0 Å². The first-order valence-electron chi connectivity index (χ1n) is 6.03. The molecule has 0 saturated carbocycles. The Morgan fingerprint density at radius 3 is 2.50 bits per heavy atom. The van der Waals surface area contributed by atoms with Crippen molar-refractivity contribution in [2.75, 3.05) is 11.9 Å². The van der Waals surface area contributed by atoms with Gasteiger partial charge in [-0.25, -0.2) is 4.98 Å². The molecular weight excluding hydrogens is 198 g/mol.